The summed E-state index contributed by atoms with van der Waals surface area (Å²) in [6.07, 6.45) is -6.24. The van der Waals surface area contributed by atoms with E-state index >= 15 is 0 Å². The van der Waals surface area contributed by atoms with Gasteiger partial charge in [-0.3, -0.25) is 18.1 Å². The van der Waals surface area contributed by atoms with Crippen LogP contribution >= 0.6 is 39.1 Å². The number of phosphoric acid groups is 5. The fraction of sp³-hybridized carbons (Fsp3) is 0.500. The highest BCUT2D eigenvalue weighted by Crippen LogP contribution is 2.66. The lowest BCUT2D eigenvalue weighted by Crippen LogP contribution is -2.37. The monoisotopic (exact) mass is 667 g/mol. The van der Waals surface area contributed by atoms with Crippen molar-refractivity contribution in [2.24, 2.45) is 0 Å². The van der Waals surface area contributed by atoms with Crippen LogP contribution < -0.4 is 5.73 Å². The number of aromatic nitrogens is 4. The summed E-state index contributed by atoms with van der Waals surface area (Å²) in [4.78, 5) is 84.9. The van der Waals surface area contributed by atoms with Crippen molar-refractivity contribution in [2.75, 3.05) is 12.3 Å². The first kappa shape index (κ1) is 32.5. The third kappa shape index (κ3) is 9.22. The van der Waals surface area contributed by atoms with Crippen molar-refractivity contribution >= 4 is 56.1 Å². The zero-order valence-corrected chi connectivity index (χ0v) is 22.8. The van der Waals surface area contributed by atoms with Gasteiger partial charge in [0.2, 0.25) is 0 Å². The molecule has 1 aliphatic heterocycles. The van der Waals surface area contributed by atoms with E-state index in [4.69, 9.17) is 20.3 Å². The summed E-state index contributed by atoms with van der Waals surface area (Å²) in [5.74, 6) is -0.156. The Labute approximate surface area is 214 Å². The van der Waals surface area contributed by atoms with Crippen LogP contribution in [0.15, 0.2) is 12.7 Å². The Hall–Kier alpha value is -1.06. The van der Waals surface area contributed by atoms with E-state index in [1.54, 1.807) is 0 Å². The van der Waals surface area contributed by atoms with Gasteiger partial charge in [-0.2, -0.15) is 8.62 Å². The summed E-state index contributed by atoms with van der Waals surface area (Å²) in [6, 6.07) is 0. The van der Waals surface area contributed by atoms with E-state index in [1.807, 2.05) is 0 Å². The maximum Gasteiger partial charge on any atom is 0.490 e. The van der Waals surface area contributed by atoms with Gasteiger partial charge in [-0.15, -0.1) is 0 Å². The number of anilines is 1. The molecule has 0 aliphatic carbocycles. The van der Waals surface area contributed by atoms with E-state index in [2.05, 4.69) is 37.1 Å². The number of hydrogen-bond donors (Lipinski definition) is 9. The Morgan fingerprint density at radius 2 is 1.41 bits per heavy atom. The number of hydrogen-bond acceptors (Lipinski definition) is 15. The molecule has 39 heavy (non-hydrogen) atoms. The third-order valence-corrected chi connectivity index (χ3v) is 9.12. The highest BCUT2D eigenvalue weighted by molar-refractivity contribution is 7.66. The Morgan fingerprint density at radius 1 is 0.821 bits per heavy atom. The van der Waals surface area contributed by atoms with Gasteiger partial charge in [-0.1, -0.05) is 0 Å². The van der Waals surface area contributed by atoms with E-state index in [0.29, 0.717) is 0 Å². The van der Waals surface area contributed by atoms with Crippen LogP contribution in [0.2, 0.25) is 0 Å². The molecular weight excluding hydrogens is 649 g/mol. The predicted molar refractivity (Wildman–Crippen MR) is 117 cm³/mol. The molecule has 4 unspecified atom stereocenters. The molecule has 3 rings (SSSR count). The highest BCUT2D eigenvalue weighted by atomic mass is 31.3. The van der Waals surface area contributed by atoms with Crippen LogP contribution in [-0.4, -0.2) is 83.6 Å². The van der Waals surface area contributed by atoms with Crippen molar-refractivity contribution in [3.63, 3.8) is 0 Å². The number of rotatable bonds is 12. The van der Waals surface area contributed by atoms with E-state index in [9.17, 15) is 52.2 Å². The van der Waals surface area contributed by atoms with E-state index in [-0.39, 0.29) is 17.0 Å². The Bertz CT molecular complexity index is 1450. The van der Waals surface area contributed by atoms with Gasteiger partial charge in [0.15, 0.2) is 17.7 Å². The van der Waals surface area contributed by atoms with Crippen molar-refractivity contribution in [3.05, 3.63) is 12.7 Å². The number of nitrogens with zero attached hydrogens (tertiary/aromatic N) is 4. The topological polar surface area (TPSA) is 372 Å². The van der Waals surface area contributed by atoms with Crippen LogP contribution in [0.25, 0.3) is 11.2 Å². The largest absolute Gasteiger partial charge is 0.490 e. The van der Waals surface area contributed by atoms with Gasteiger partial charge in [0.05, 0.1) is 12.9 Å². The number of fused-ring (bicyclic) bond motifs is 1. The van der Waals surface area contributed by atoms with Gasteiger partial charge in [-0.05, 0) is 0 Å². The van der Waals surface area contributed by atoms with Crippen LogP contribution in [-0.2, 0) is 49.8 Å². The number of imidazole rings is 1. The lowest BCUT2D eigenvalue weighted by atomic mass is 10.1. The van der Waals surface area contributed by atoms with Crippen molar-refractivity contribution in [1.29, 1.82) is 0 Å². The normalized spacial score (nSPS) is 25.9. The fourth-order valence-corrected chi connectivity index (χ4v) is 7.29. The molecule has 1 fully saturated rings. The van der Waals surface area contributed by atoms with Crippen molar-refractivity contribution < 1.29 is 88.9 Å². The molecule has 0 bridgehead atoms. The van der Waals surface area contributed by atoms with E-state index in [1.165, 1.54) is 0 Å². The second-order valence-electron chi connectivity index (χ2n) is 7.16. The molecule has 24 nitrogen and oxygen atoms in total. The summed E-state index contributed by atoms with van der Waals surface area (Å²) >= 11 is 0. The van der Waals surface area contributed by atoms with Gasteiger partial charge >= 0.3 is 39.1 Å². The SMILES string of the molecule is Nc1ncnc2c1ncn2[C@@H]1O[C@H](COP(=O)(O)OP(=O)(O)OP(=O)(O)O)C(OP(=O)(O)O)C1OP(=O)(O)O. The second kappa shape index (κ2) is 11.3. The maximum absolute atomic E-state index is 12.1. The van der Waals surface area contributed by atoms with Gasteiger partial charge in [-0.25, -0.2) is 37.8 Å². The number of nitrogen functional groups attached to an aromatic ring is 1. The molecule has 0 saturated carbocycles. The minimum absolute atomic E-state index is 0.0554. The zero-order chi connectivity index (χ0) is 29.6. The fourth-order valence-electron chi connectivity index (χ4n) is 3.15. The van der Waals surface area contributed by atoms with Gasteiger partial charge in [0, 0.05) is 0 Å². The van der Waals surface area contributed by atoms with Crippen LogP contribution in [0.1, 0.15) is 6.23 Å². The van der Waals surface area contributed by atoms with Crippen LogP contribution in [0.4, 0.5) is 5.82 Å². The summed E-state index contributed by atoms with van der Waals surface area (Å²) < 4.78 is 84.6. The molecule has 222 valence electrons. The molecule has 2 aromatic rings. The van der Waals surface area contributed by atoms with Crippen LogP contribution in [0.5, 0.6) is 0 Å². The van der Waals surface area contributed by atoms with Crippen molar-refractivity contribution in [2.45, 2.75) is 24.5 Å². The summed E-state index contributed by atoms with van der Waals surface area (Å²) in [7, 11) is -28.4. The summed E-state index contributed by atoms with van der Waals surface area (Å²) in [5.41, 5.74) is 5.48. The minimum Gasteiger partial charge on any atom is -0.382 e. The lowest BCUT2D eigenvalue weighted by Gasteiger charge is -2.25. The van der Waals surface area contributed by atoms with Gasteiger partial charge < -0.3 is 49.6 Å². The Balaban J connectivity index is 1.96. The summed E-state index contributed by atoms with van der Waals surface area (Å²) in [5, 5.41) is 0. The average molecular weight is 667 g/mol. The molecule has 1 saturated heterocycles. The Kier molecular flexibility index (Phi) is 9.42. The number of phosphoric ester groups is 3. The zero-order valence-electron chi connectivity index (χ0n) is 18.3. The first-order valence-corrected chi connectivity index (χ1v) is 17.0. The van der Waals surface area contributed by atoms with Crippen LogP contribution in [0.3, 0.4) is 0 Å². The van der Waals surface area contributed by atoms with Crippen molar-refractivity contribution in [1.82, 2.24) is 19.5 Å². The minimum atomic E-state index is -5.93. The molecule has 0 amide bonds. The summed E-state index contributed by atoms with van der Waals surface area (Å²) in [6.45, 7) is -1.35. The molecule has 10 N–H and O–H groups in total. The molecule has 1 aliphatic rings. The van der Waals surface area contributed by atoms with Crippen molar-refractivity contribution in [3.8, 4) is 0 Å². The van der Waals surface area contributed by atoms with Crippen LogP contribution in [0, 0.1) is 0 Å². The average Bonchev–Trinajstić information content (AvgIpc) is 3.24. The smallest absolute Gasteiger partial charge is 0.382 e. The Morgan fingerprint density at radius 3 is 1.97 bits per heavy atom. The second-order valence-corrected chi connectivity index (χ2v) is 14.0. The molecule has 2 aromatic heterocycles. The van der Waals surface area contributed by atoms with E-state index < -0.39 is 70.3 Å². The number of ether oxygens (including phenoxy) is 1. The molecular formula is C10H18N5O19P5. The third-order valence-electron chi connectivity index (χ3n) is 4.28. The maximum atomic E-state index is 12.1. The first-order valence-electron chi connectivity index (χ1n) is 9.40. The predicted octanol–water partition coefficient (Wildman–Crippen LogP) is -1.40. The highest BCUT2D eigenvalue weighted by Gasteiger charge is 2.53. The van der Waals surface area contributed by atoms with Gasteiger partial charge in [0.1, 0.15) is 30.2 Å². The molecule has 29 heteroatoms. The van der Waals surface area contributed by atoms with Gasteiger partial charge in [0.25, 0.3) is 0 Å². The number of nitrogens with two attached hydrogens (primary N) is 1. The molecule has 0 aromatic carbocycles. The molecule has 3 heterocycles. The molecule has 6 atom stereocenters. The molecule has 0 radical (unpaired) electrons. The molecule has 0 spiro atoms. The first-order chi connectivity index (χ1) is 17.6. The van der Waals surface area contributed by atoms with E-state index in [0.717, 1.165) is 17.2 Å². The quantitative estimate of drug-likeness (QED) is 0.118. The standard InChI is InChI=1S/C10H18N5O19P5/c11-8-5-9(13-2-12-8)15(3-14-5)10-7(32-36(19,20)21)6(31-35(16,17)18)4(30-10)1-29-38(25,26)34-39(27,28)33-37(22,23)24/h2-4,6-7,10H,1H2,(H,25,26)(H,27,28)(H2,11,12,13)(H2,16,17,18)(H2,19,20,21)(H2,22,23,24)/t4-,6?,7?,10-/m1/s1. The lowest BCUT2D eigenvalue weighted by molar-refractivity contribution is -0.0495.